The molecule has 1 aliphatic heterocycles. The summed E-state index contributed by atoms with van der Waals surface area (Å²) in [5.41, 5.74) is -0.175. The molecule has 38 heavy (non-hydrogen) atoms. The summed E-state index contributed by atoms with van der Waals surface area (Å²) in [6.07, 6.45) is 14.9. The molecule has 3 heteroatoms. The van der Waals surface area contributed by atoms with Crippen LogP contribution < -0.4 is 20.9 Å². The van der Waals surface area contributed by atoms with E-state index >= 15 is 0 Å². The summed E-state index contributed by atoms with van der Waals surface area (Å²) in [7, 11) is -2.80. The Kier molecular flexibility index (Phi) is 11.2. The van der Waals surface area contributed by atoms with Crippen LogP contribution in [-0.4, -0.2) is 26.5 Å². The van der Waals surface area contributed by atoms with Gasteiger partial charge in [0.1, 0.15) is 0 Å². The van der Waals surface area contributed by atoms with Crippen molar-refractivity contribution in [2.75, 3.05) is 6.54 Å². The second-order valence-electron chi connectivity index (χ2n) is 11.2. The Hall–Kier alpha value is -2.20. The van der Waals surface area contributed by atoms with E-state index in [0.29, 0.717) is 6.04 Å². The average Bonchev–Trinajstić information content (AvgIpc) is 3.53. The van der Waals surface area contributed by atoms with Crippen molar-refractivity contribution in [1.29, 1.82) is 0 Å². The monoisotopic (exact) mass is 527 g/mol. The molecule has 4 rings (SSSR count). The van der Waals surface area contributed by atoms with Crippen LogP contribution in [0.3, 0.4) is 0 Å². The highest BCUT2D eigenvalue weighted by molar-refractivity contribution is 7.07. The van der Waals surface area contributed by atoms with Crippen LogP contribution in [0.4, 0.5) is 0 Å². The summed E-state index contributed by atoms with van der Waals surface area (Å²) in [5, 5.41) is 8.00. The molecule has 3 aromatic rings. The fourth-order valence-electron chi connectivity index (χ4n) is 6.48. The molecule has 1 N–H and O–H groups in total. The Bertz CT molecular complexity index is 925. The van der Waals surface area contributed by atoms with Crippen LogP contribution in [0.5, 0.6) is 0 Å². The number of rotatable bonds is 16. The van der Waals surface area contributed by atoms with E-state index in [1.807, 2.05) is 0 Å². The van der Waals surface area contributed by atoms with Gasteiger partial charge in [-0.05, 0) is 47.8 Å². The van der Waals surface area contributed by atoms with Crippen molar-refractivity contribution >= 4 is 23.9 Å². The Morgan fingerprint density at radius 2 is 1.11 bits per heavy atom. The molecule has 0 spiro atoms. The number of unbranched alkanes of at least 4 members (excludes halogenated alkanes) is 6. The number of hydrogen-bond acceptors (Lipinski definition) is 2. The molecule has 0 amide bonds. The topological polar surface area (TPSA) is 21.3 Å². The molecule has 2 nitrogen and oxygen atoms in total. The van der Waals surface area contributed by atoms with Crippen LogP contribution >= 0.6 is 0 Å². The average molecular weight is 528 g/mol. The van der Waals surface area contributed by atoms with Gasteiger partial charge in [0.05, 0.1) is 5.60 Å². The third kappa shape index (κ3) is 6.86. The fourth-order valence-corrected chi connectivity index (χ4v) is 10.8. The second kappa shape index (κ2) is 14.8. The first kappa shape index (κ1) is 28.8. The standard InChI is InChI=1S/C35H49NOSi/c1-3-5-7-18-28-35(29-19-8-6-4-2,34-27-20-30-36-34)37-38(31-21-12-9-13-22-31,32-23-14-10-15-24-32)33-25-16-11-17-26-33/h9-17,21-26,34,36H,3-8,18-20,27-30H2,1-2H3/t34-/m0/s1. The summed E-state index contributed by atoms with van der Waals surface area (Å²) in [6, 6.07) is 34.0. The third-order valence-electron chi connectivity index (χ3n) is 8.50. The summed E-state index contributed by atoms with van der Waals surface area (Å²) in [5.74, 6) is 0. The molecule has 1 fully saturated rings. The minimum Gasteiger partial charge on any atom is -0.397 e. The van der Waals surface area contributed by atoms with Crippen LogP contribution in [0.1, 0.15) is 90.9 Å². The zero-order chi connectivity index (χ0) is 26.5. The maximum absolute atomic E-state index is 8.10. The van der Waals surface area contributed by atoms with E-state index in [2.05, 4.69) is 110 Å². The minimum atomic E-state index is -2.80. The lowest BCUT2D eigenvalue weighted by atomic mass is 9.82. The van der Waals surface area contributed by atoms with Crippen molar-refractivity contribution in [2.24, 2.45) is 0 Å². The molecule has 0 unspecified atom stereocenters. The van der Waals surface area contributed by atoms with Gasteiger partial charge in [0.25, 0.3) is 8.32 Å². The van der Waals surface area contributed by atoms with Gasteiger partial charge >= 0.3 is 0 Å². The van der Waals surface area contributed by atoms with E-state index in [0.717, 1.165) is 19.4 Å². The summed E-state index contributed by atoms with van der Waals surface area (Å²) in [6.45, 7) is 5.73. The lowest BCUT2D eigenvalue weighted by molar-refractivity contribution is 0.00968. The summed E-state index contributed by atoms with van der Waals surface area (Å²) >= 11 is 0. The molecule has 0 saturated carbocycles. The van der Waals surface area contributed by atoms with Crippen LogP contribution in [0.25, 0.3) is 0 Å². The summed E-state index contributed by atoms with van der Waals surface area (Å²) in [4.78, 5) is 0. The molecule has 1 atom stereocenters. The molecule has 1 aliphatic rings. The third-order valence-corrected chi connectivity index (χ3v) is 12.7. The van der Waals surface area contributed by atoms with Crippen molar-refractivity contribution < 1.29 is 4.43 Å². The normalized spacial score (nSPS) is 16.1. The predicted octanol–water partition coefficient (Wildman–Crippen LogP) is 7.10. The molecule has 0 bridgehead atoms. The molecular formula is C35H49NOSi. The maximum Gasteiger partial charge on any atom is 0.288 e. The number of benzene rings is 3. The molecule has 0 aromatic heterocycles. The van der Waals surface area contributed by atoms with Gasteiger partial charge in [-0.1, -0.05) is 156 Å². The van der Waals surface area contributed by atoms with Gasteiger partial charge in [-0.2, -0.15) is 0 Å². The fraction of sp³-hybridized carbons (Fsp3) is 0.486. The minimum absolute atomic E-state index is 0.175. The van der Waals surface area contributed by atoms with E-state index in [1.165, 1.54) is 79.8 Å². The molecule has 3 aromatic carbocycles. The van der Waals surface area contributed by atoms with E-state index in [4.69, 9.17) is 4.43 Å². The van der Waals surface area contributed by atoms with Crippen molar-refractivity contribution in [3.63, 3.8) is 0 Å². The van der Waals surface area contributed by atoms with Gasteiger partial charge in [0.15, 0.2) is 0 Å². The first-order valence-electron chi connectivity index (χ1n) is 15.4. The zero-order valence-electron chi connectivity index (χ0n) is 23.8. The highest BCUT2D eigenvalue weighted by atomic mass is 28.4. The number of hydrogen-bond donors (Lipinski definition) is 1. The molecule has 1 saturated heterocycles. The van der Waals surface area contributed by atoms with E-state index in [1.54, 1.807) is 0 Å². The van der Waals surface area contributed by atoms with E-state index < -0.39 is 8.32 Å². The maximum atomic E-state index is 8.10. The Balaban J connectivity index is 1.88. The van der Waals surface area contributed by atoms with Gasteiger partial charge in [-0.15, -0.1) is 0 Å². The van der Waals surface area contributed by atoms with E-state index in [-0.39, 0.29) is 5.60 Å². The quantitative estimate of drug-likeness (QED) is 0.122. The lowest BCUT2D eigenvalue weighted by Crippen LogP contribution is -2.73. The molecule has 0 radical (unpaired) electrons. The molecule has 0 aliphatic carbocycles. The first-order chi connectivity index (χ1) is 18.7. The highest BCUT2D eigenvalue weighted by Crippen LogP contribution is 2.37. The van der Waals surface area contributed by atoms with Gasteiger partial charge in [0.2, 0.25) is 0 Å². The van der Waals surface area contributed by atoms with Crippen LogP contribution in [0.15, 0.2) is 91.0 Å². The van der Waals surface area contributed by atoms with Crippen LogP contribution in [0.2, 0.25) is 0 Å². The van der Waals surface area contributed by atoms with E-state index in [9.17, 15) is 0 Å². The summed E-state index contributed by atoms with van der Waals surface area (Å²) < 4.78 is 8.10. The lowest BCUT2D eigenvalue weighted by Gasteiger charge is -2.48. The largest absolute Gasteiger partial charge is 0.397 e. The van der Waals surface area contributed by atoms with Crippen LogP contribution in [-0.2, 0) is 4.43 Å². The molecule has 1 heterocycles. The smallest absolute Gasteiger partial charge is 0.288 e. The zero-order valence-corrected chi connectivity index (χ0v) is 24.8. The van der Waals surface area contributed by atoms with Gasteiger partial charge < -0.3 is 9.74 Å². The van der Waals surface area contributed by atoms with Crippen molar-refractivity contribution in [3.8, 4) is 0 Å². The SMILES string of the molecule is CCCCCCC(CCCCCC)(O[Si](c1ccccc1)(c1ccccc1)c1ccccc1)[C@@H]1CCCN1. The second-order valence-corrected chi connectivity index (χ2v) is 14.5. The van der Waals surface area contributed by atoms with Gasteiger partial charge in [-0.3, -0.25) is 0 Å². The Morgan fingerprint density at radius 1 is 0.658 bits per heavy atom. The van der Waals surface area contributed by atoms with Gasteiger partial charge in [-0.25, -0.2) is 0 Å². The Morgan fingerprint density at radius 3 is 1.47 bits per heavy atom. The first-order valence-corrected chi connectivity index (χ1v) is 17.3. The highest BCUT2D eigenvalue weighted by Gasteiger charge is 2.51. The van der Waals surface area contributed by atoms with Crippen LogP contribution in [0, 0.1) is 0 Å². The van der Waals surface area contributed by atoms with Crippen molar-refractivity contribution in [3.05, 3.63) is 91.0 Å². The van der Waals surface area contributed by atoms with Crippen molar-refractivity contribution in [2.45, 2.75) is 103 Å². The molecular weight excluding hydrogens is 478 g/mol. The predicted molar refractivity (Wildman–Crippen MR) is 166 cm³/mol. The van der Waals surface area contributed by atoms with Gasteiger partial charge in [0, 0.05) is 6.04 Å². The number of nitrogens with one attached hydrogen (secondary N) is 1. The molecule has 204 valence electrons. The van der Waals surface area contributed by atoms with Crippen molar-refractivity contribution in [1.82, 2.24) is 5.32 Å². The Labute approximate surface area is 233 Å².